The number of hydrogen-bond acceptors (Lipinski definition) is 2. The summed E-state index contributed by atoms with van der Waals surface area (Å²) in [5, 5.41) is 3.22. The molecule has 0 radical (unpaired) electrons. The molecule has 1 unspecified atom stereocenters. The SMILES string of the molecule is Fc1ccc(CC2COCCN2)c(F)c1. The highest BCUT2D eigenvalue weighted by Crippen LogP contribution is 2.12. The van der Waals surface area contributed by atoms with Crippen LogP contribution in [0.15, 0.2) is 18.2 Å². The lowest BCUT2D eigenvalue weighted by Gasteiger charge is -2.23. The molecule has 1 aromatic rings. The number of ether oxygens (including phenoxy) is 1. The fraction of sp³-hybridized carbons (Fsp3) is 0.455. The van der Waals surface area contributed by atoms with Crippen molar-refractivity contribution in [1.29, 1.82) is 0 Å². The van der Waals surface area contributed by atoms with Crippen LogP contribution >= 0.6 is 0 Å². The highest BCUT2D eigenvalue weighted by molar-refractivity contribution is 5.19. The first kappa shape index (κ1) is 10.5. The first-order valence-electron chi connectivity index (χ1n) is 5.01. The molecule has 1 heterocycles. The van der Waals surface area contributed by atoms with Crippen molar-refractivity contribution in [2.45, 2.75) is 12.5 Å². The van der Waals surface area contributed by atoms with E-state index in [4.69, 9.17) is 4.74 Å². The van der Waals surface area contributed by atoms with Gasteiger partial charge in [-0.15, -0.1) is 0 Å². The summed E-state index contributed by atoms with van der Waals surface area (Å²) in [6, 6.07) is 3.81. The van der Waals surface area contributed by atoms with Gasteiger partial charge in [0.25, 0.3) is 0 Å². The summed E-state index contributed by atoms with van der Waals surface area (Å²) in [5.41, 5.74) is 0.527. The maximum atomic E-state index is 13.3. The van der Waals surface area contributed by atoms with Crippen LogP contribution in [0.2, 0.25) is 0 Å². The average molecular weight is 213 g/mol. The molecule has 0 saturated carbocycles. The molecule has 0 bridgehead atoms. The summed E-state index contributed by atoms with van der Waals surface area (Å²) in [7, 11) is 0. The summed E-state index contributed by atoms with van der Waals surface area (Å²) in [5.74, 6) is -1.02. The Morgan fingerprint density at radius 2 is 2.27 bits per heavy atom. The molecule has 2 nitrogen and oxygen atoms in total. The zero-order valence-electron chi connectivity index (χ0n) is 8.30. The average Bonchev–Trinajstić information content (AvgIpc) is 2.24. The Hall–Kier alpha value is -1.00. The van der Waals surface area contributed by atoms with Crippen molar-refractivity contribution >= 4 is 0 Å². The summed E-state index contributed by atoms with van der Waals surface area (Å²) in [6.07, 6.45) is 0.534. The van der Waals surface area contributed by atoms with Gasteiger partial charge in [0.15, 0.2) is 0 Å². The van der Waals surface area contributed by atoms with Gasteiger partial charge in [0.2, 0.25) is 0 Å². The van der Waals surface area contributed by atoms with Crippen LogP contribution in [0.3, 0.4) is 0 Å². The smallest absolute Gasteiger partial charge is 0.129 e. The fourth-order valence-electron chi connectivity index (χ4n) is 1.70. The van der Waals surface area contributed by atoms with Gasteiger partial charge in [0.05, 0.1) is 13.2 Å². The van der Waals surface area contributed by atoms with Crippen molar-refractivity contribution < 1.29 is 13.5 Å². The van der Waals surface area contributed by atoms with E-state index in [1.807, 2.05) is 0 Å². The van der Waals surface area contributed by atoms with Crippen molar-refractivity contribution in [2.75, 3.05) is 19.8 Å². The van der Waals surface area contributed by atoms with Gasteiger partial charge in [-0.05, 0) is 18.1 Å². The third kappa shape index (κ3) is 2.73. The van der Waals surface area contributed by atoms with Crippen LogP contribution < -0.4 is 5.32 Å². The zero-order chi connectivity index (χ0) is 10.7. The Morgan fingerprint density at radius 3 is 2.93 bits per heavy atom. The second-order valence-electron chi connectivity index (χ2n) is 3.67. The maximum absolute atomic E-state index is 13.3. The van der Waals surface area contributed by atoms with Crippen molar-refractivity contribution in [3.05, 3.63) is 35.4 Å². The minimum atomic E-state index is -0.538. The molecular formula is C11H13F2NO. The standard InChI is InChI=1S/C11H13F2NO/c12-9-2-1-8(11(13)6-9)5-10-7-15-4-3-14-10/h1-2,6,10,14H,3-5,7H2. The molecule has 1 saturated heterocycles. The highest BCUT2D eigenvalue weighted by Gasteiger charge is 2.15. The topological polar surface area (TPSA) is 21.3 Å². The predicted molar refractivity (Wildman–Crippen MR) is 52.7 cm³/mol. The van der Waals surface area contributed by atoms with Gasteiger partial charge in [-0.2, -0.15) is 0 Å². The van der Waals surface area contributed by atoms with Crippen LogP contribution in [0.25, 0.3) is 0 Å². The molecule has 0 spiro atoms. The first-order chi connectivity index (χ1) is 7.25. The largest absolute Gasteiger partial charge is 0.379 e. The molecule has 4 heteroatoms. The molecule has 1 fully saturated rings. The van der Waals surface area contributed by atoms with Gasteiger partial charge < -0.3 is 10.1 Å². The van der Waals surface area contributed by atoms with Crippen LogP contribution in [0, 0.1) is 11.6 Å². The quantitative estimate of drug-likeness (QED) is 0.803. The molecule has 82 valence electrons. The Balaban J connectivity index is 2.03. The monoisotopic (exact) mass is 213 g/mol. The maximum Gasteiger partial charge on any atom is 0.129 e. The van der Waals surface area contributed by atoms with Crippen LogP contribution in [-0.4, -0.2) is 25.8 Å². The highest BCUT2D eigenvalue weighted by atomic mass is 19.1. The summed E-state index contributed by atoms with van der Waals surface area (Å²) in [4.78, 5) is 0. The third-order valence-corrected chi connectivity index (χ3v) is 2.48. The predicted octanol–water partition coefficient (Wildman–Crippen LogP) is 1.50. The first-order valence-corrected chi connectivity index (χ1v) is 5.01. The lowest BCUT2D eigenvalue weighted by molar-refractivity contribution is 0.0767. The van der Waals surface area contributed by atoms with Crippen LogP contribution in [0.4, 0.5) is 8.78 Å². The Labute approximate surface area is 87.2 Å². The van der Waals surface area contributed by atoms with E-state index in [-0.39, 0.29) is 6.04 Å². The van der Waals surface area contributed by atoms with E-state index in [2.05, 4.69) is 5.32 Å². The Kier molecular flexibility index (Phi) is 3.28. The van der Waals surface area contributed by atoms with Gasteiger partial charge in [0.1, 0.15) is 11.6 Å². The second-order valence-corrected chi connectivity index (χ2v) is 3.67. The number of nitrogens with one attached hydrogen (secondary N) is 1. The molecule has 0 aliphatic carbocycles. The number of hydrogen-bond donors (Lipinski definition) is 1. The van der Waals surface area contributed by atoms with Crippen molar-refractivity contribution in [3.63, 3.8) is 0 Å². The molecule has 0 aromatic heterocycles. The molecule has 1 aliphatic rings. The number of halogens is 2. The van der Waals surface area contributed by atoms with Crippen LogP contribution in [0.1, 0.15) is 5.56 Å². The van der Waals surface area contributed by atoms with Gasteiger partial charge in [-0.25, -0.2) is 8.78 Å². The molecule has 2 rings (SSSR count). The molecule has 1 atom stereocenters. The van der Waals surface area contributed by atoms with E-state index in [1.54, 1.807) is 0 Å². The van der Waals surface area contributed by atoms with E-state index in [0.717, 1.165) is 12.6 Å². The Morgan fingerprint density at radius 1 is 1.40 bits per heavy atom. The van der Waals surface area contributed by atoms with E-state index < -0.39 is 11.6 Å². The van der Waals surface area contributed by atoms with Gasteiger partial charge >= 0.3 is 0 Å². The summed E-state index contributed by atoms with van der Waals surface area (Å²) < 4.78 is 31.2. The van der Waals surface area contributed by atoms with Gasteiger partial charge in [0, 0.05) is 18.7 Å². The summed E-state index contributed by atoms with van der Waals surface area (Å²) >= 11 is 0. The van der Waals surface area contributed by atoms with Gasteiger partial charge in [-0.1, -0.05) is 6.07 Å². The molecule has 0 amide bonds. The lowest BCUT2D eigenvalue weighted by Crippen LogP contribution is -2.42. The van der Waals surface area contributed by atoms with Crippen LogP contribution in [0.5, 0.6) is 0 Å². The molecule has 15 heavy (non-hydrogen) atoms. The van der Waals surface area contributed by atoms with Gasteiger partial charge in [-0.3, -0.25) is 0 Å². The molecule has 1 N–H and O–H groups in total. The van der Waals surface area contributed by atoms with Crippen molar-refractivity contribution in [3.8, 4) is 0 Å². The van der Waals surface area contributed by atoms with E-state index in [0.29, 0.717) is 25.2 Å². The lowest BCUT2D eigenvalue weighted by atomic mass is 10.1. The van der Waals surface area contributed by atoms with E-state index >= 15 is 0 Å². The van der Waals surface area contributed by atoms with E-state index in [9.17, 15) is 8.78 Å². The number of rotatable bonds is 2. The Bertz CT molecular complexity index is 337. The molecule has 1 aromatic carbocycles. The normalized spacial score (nSPS) is 21.6. The minimum absolute atomic E-state index is 0.124. The van der Waals surface area contributed by atoms with Crippen molar-refractivity contribution in [2.24, 2.45) is 0 Å². The molecular weight excluding hydrogens is 200 g/mol. The van der Waals surface area contributed by atoms with E-state index in [1.165, 1.54) is 12.1 Å². The number of benzene rings is 1. The number of morpholine rings is 1. The molecule has 1 aliphatic heterocycles. The fourth-order valence-corrected chi connectivity index (χ4v) is 1.70. The summed E-state index contributed by atoms with van der Waals surface area (Å²) in [6.45, 7) is 2.06. The minimum Gasteiger partial charge on any atom is -0.379 e. The third-order valence-electron chi connectivity index (χ3n) is 2.48. The van der Waals surface area contributed by atoms with Crippen molar-refractivity contribution in [1.82, 2.24) is 5.32 Å². The second kappa shape index (κ2) is 4.68. The van der Waals surface area contributed by atoms with Crippen LogP contribution in [-0.2, 0) is 11.2 Å². The zero-order valence-corrected chi connectivity index (χ0v) is 8.30.